The number of hydrogen-bond donors (Lipinski definition) is 1. The molecule has 22 heavy (non-hydrogen) atoms. The number of imidazole rings is 1. The van der Waals surface area contributed by atoms with Crippen molar-refractivity contribution < 1.29 is 4.43 Å². The van der Waals surface area contributed by atoms with Gasteiger partial charge in [-0.25, -0.2) is 4.98 Å². The molecule has 0 aliphatic heterocycles. The van der Waals surface area contributed by atoms with Crippen molar-refractivity contribution >= 4 is 32.4 Å². The molecule has 1 heterocycles. The quantitative estimate of drug-likeness (QED) is 0.767. The van der Waals surface area contributed by atoms with Crippen LogP contribution in [0.2, 0.25) is 18.1 Å². The summed E-state index contributed by atoms with van der Waals surface area (Å²) in [6.07, 6.45) is 0. The molecule has 1 aromatic carbocycles. The lowest BCUT2D eigenvalue weighted by Crippen LogP contribution is -2.13. The fourth-order valence-electron chi connectivity index (χ4n) is 1.82. The van der Waals surface area contributed by atoms with E-state index in [-0.39, 0.29) is 5.41 Å². The van der Waals surface area contributed by atoms with Gasteiger partial charge in [-0.1, -0.05) is 50.2 Å². The molecule has 0 saturated carbocycles. The van der Waals surface area contributed by atoms with E-state index in [4.69, 9.17) is 21.0 Å². The Bertz CT molecular complexity index is 637. The van der Waals surface area contributed by atoms with E-state index in [9.17, 15) is 0 Å². The zero-order valence-electron chi connectivity index (χ0n) is 13.7. The zero-order chi connectivity index (χ0) is 16.3. The lowest BCUT2D eigenvalue weighted by molar-refractivity contribution is 0.306. The van der Waals surface area contributed by atoms with E-state index >= 15 is 0 Å². The van der Waals surface area contributed by atoms with E-state index in [2.05, 4.69) is 44.9 Å². The van der Waals surface area contributed by atoms with Crippen LogP contribution in [-0.4, -0.2) is 19.0 Å². The van der Waals surface area contributed by atoms with Crippen LogP contribution in [-0.2, 0) is 16.4 Å². The third-order valence-corrected chi connectivity index (χ3v) is 5.12. The molecule has 1 aromatic heterocycles. The molecule has 0 unspecified atom stereocenters. The van der Waals surface area contributed by atoms with Crippen LogP contribution < -0.4 is 0 Å². The molecule has 2 aromatic rings. The van der Waals surface area contributed by atoms with Gasteiger partial charge >= 0.3 is 0 Å². The summed E-state index contributed by atoms with van der Waals surface area (Å²) >= 11 is 7.72. The maximum Gasteiger partial charge on any atom is 0.171 e. The number of nitrogens with zero attached hydrogens (tertiary/aromatic N) is 1. The lowest BCUT2D eigenvalue weighted by atomic mass is 9.96. The zero-order valence-corrected chi connectivity index (χ0v) is 16.5. The second-order valence-corrected chi connectivity index (χ2v) is 10.5. The Balaban J connectivity index is 2.29. The van der Waals surface area contributed by atoms with Gasteiger partial charge in [0.2, 0.25) is 0 Å². The lowest BCUT2D eigenvalue weighted by Gasteiger charge is -2.14. The molecular weight excluding hydrogens is 332 g/mol. The minimum absolute atomic E-state index is 0.0167. The van der Waals surface area contributed by atoms with Crippen LogP contribution in [0.15, 0.2) is 34.2 Å². The number of H-pyrrole nitrogens is 1. The molecule has 0 fully saturated rings. The van der Waals surface area contributed by atoms with Crippen LogP contribution >= 0.6 is 23.4 Å². The van der Waals surface area contributed by atoms with Gasteiger partial charge in [0.25, 0.3) is 0 Å². The molecule has 0 aliphatic carbocycles. The van der Waals surface area contributed by atoms with Crippen molar-refractivity contribution in [1.29, 1.82) is 0 Å². The Morgan fingerprint density at radius 1 is 1.32 bits per heavy atom. The van der Waals surface area contributed by atoms with Gasteiger partial charge in [0.1, 0.15) is 10.9 Å². The fourth-order valence-corrected chi connectivity index (χ4v) is 3.51. The van der Waals surface area contributed by atoms with Crippen LogP contribution in [0.25, 0.3) is 0 Å². The first-order valence-electron chi connectivity index (χ1n) is 7.40. The van der Waals surface area contributed by atoms with Gasteiger partial charge < -0.3 is 9.41 Å². The Hall–Kier alpha value is -0.753. The number of aromatic nitrogens is 2. The standard InChI is InChI=1S/C16H23ClN2OSSi/c1-16(2,3)15-18-13(10-20-22(4)5)14(19-15)21-12-8-6-7-11(17)9-12/h6-9,22H,10H2,1-5H3,(H,18,19). The normalized spacial score (nSPS) is 12.1. The summed E-state index contributed by atoms with van der Waals surface area (Å²) in [6, 6.07) is 7.86. The Morgan fingerprint density at radius 2 is 2.05 bits per heavy atom. The van der Waals surface area contributed by atoms with Gasteiger partial charge in [0.15, 0.2) is 9.04 Å². The van der Waals surface area contributed by atoms with Crippen molar-refractivity contribution in [2.45, 2.75) is 55.8 Å². The monoisotopic (exact) mass is 354 g/mol. The maximum atomic E-state index is 6.07. The second kappa shape index (κ2) is 7.21. The molecule has 120 valence electrons. The molecule has 0 spiro atoms. The van der Waals surface area contributed by atoms with Crippen LogP contribution in [0.1, 0.15) is 32.3 Å². The van der Waals surface area contributed by atoms with Gasteiger partial charge in [-0.2, -0.15) is 0 Å². The third kappa shape index (κ3) is 4.88. The van der Waals surface area contributed by atoms with Crippen LogP contribution in [0.3, 0.4) is 0 Å². The van der Waals surface area contributed by atoms with Gasteiger partial charge in [-0.05, 0) is 31.3 Å². The highest BCUT2D eigenvalue weighted by molar-refractivity contribution is 7.99. The van der Waals surface area contributed by atoms with Crippen molar-refractivity contribution in [3.8, 4) is 0 Å². The summed E-state index contributed by atoms with van der Waals surface area (Å²) in [7, 11) is -1.07. The van der Waals surface area contributed by atoms with Crippen molar-refractivity contribution in [2.24, 2.45) is 0 Å². The first-order chi connectivity index (χ1) is 10.3. The highest BCUT2D eigenvalue weighted by Crippen LogP contribution is 2.33. The van der Waals surface area contributed by atoms with Gasteiger partial charge in [-0.15, -0.1) is 0 Å². The van der Waals surface area contributed by atoms with Crippen molar-refractivity contribution in [1.82, 2.24) is 9.97 Å². The highest BCUT2D eigenvalue weighted by atomic mass is 35.5. The number of nitrogens with one attached hydrogen (secondary N) is 1. The molecule has 0 bridgehead atoms. The molecule has 0 atom stereocenters. The second-order valence-electron chi connectivity index (χ2n) is 6.53. The summed E-state index contributed by atoms with van der Waals surface area (Å²) in [4.78, 5) is 9.31. The van der Waals surface area contributed by atoms with E-state index in [0.717, 1.165) is 26.5 Å². The minimum atomic E-state index is -1.07. The maximum absolute atomic E-state index is 6.07. The summed E-state index contributed by atoms with van der Waals surface area (Å²) in [5, 5.41) is 1.79. The summed E-state index contributed by atoms with van der Waals surface area (Å²) < 4.78 is 5.87. The molecule has 1 N–H and O–H groups in total. The van der Waals surface area contributed by atoms with Crippen molar-refractivity contribution in [3.63, 3.8) is 0 Å². The molecule has 2 rings (SSSR count). The van der Waals surface area contributed by atoms with Crippen LogP contribution in [0, 0.1) is 0 Å². The smallest absolute Gasteiger partial charge is 0.171 e. The van der Waals surface area contributed by atoms with E-state index < -0.39 is 9.04 Å². The Kier molecular flexibility index (Phi) is 5.77. The van der Waals surface area contributed by atoms with E-state index in [1.807, 2.05) is 18.2 Å². The fraction of sp³-hybridized carbons (Fsp3) is 0.438. The first-order valence-corrected chi connectivity index (χ1v) is 11.4. The first kappa shape index (κ1) is 17.6. The average molecular weight is 355 g/mol. The number of aromatic amines is 1. The molecule has 3 nitrogen and oxygen atoms in total. The van der Waals surface area contributed by atoms with E-state index in [1.165, 1.54) is 0 Å². The summed E-state index contributed by atoms with van der Waals surface area (Å²) in [5.74, 6) is 0.987. The predicted molar refractivity (Wildman–Crippen MR) is 96.5 cm³/mol. The SMILES string of the molecule is C[SiH](C)OCc1nc(C(C)(C)C)[nH]c1Sc1cccc(Cl)c1. The average Bonchev–Trinajstić information content (AvgIpc) is 2.79. The molecule has 6 heteroatoms. The largest absolute Gasteiger partial charge is 0.415 e. The number of hydrogen-bond acceptors (Lipinski definition) is 3. The molecule has 0 aliphatic rings. The van der Waals surface area contributed by atoms with Gasteiger partial charge in [0.05, 0.1) is 12.3 Å². The molecule has 0 radical (unpaired) electrons. The number of rotatable bonds is 5. The predicted octanol–water partition coefficient (Wildman–Crippen LogP) is 5.01. The summed E-state index contributed by atoms with van der Waals surface area (Å²) in [5.41, 5.74) is 0.966. The number of benzene rings is 1. The van der Waals surface area contributed by atoms with E-state index in [1.54, 1.807) is 11.8 Å². The van der Waals surface area contributed by atoms with Gasteiger partial charge in [0, 0.05) is 15.3 Å². The topological polar surface area (TPSA) is 37.9 Å². The van der Waals surface area contributed by atoms with E-state index in [0.29, 0.717) is 6.61 Å². The van der Waals surface area contributed by atoms with Gasteiger partial charge in [-0.3, -0.25) is 0 Å². The Labute approximate surface area is 143 Å². The van der Waals surface area contributed by atoms with Crippen LogP contribution in [0.5, 0.6) is 0 Å². The van der Waals surface area contributed by atoms with Crippen molar-refractivity contribution in [3.05, 3.63) is 40.8 Å². The highest BCUT2D eigenvalue weighted by Gasteiger charge is 2.21. The van der Waals surface area contributed by atoms with Crippen molar-refractivity contribution in [2.75, 3.05) is 0 Å². The third-order valence-electron chi connectivity index (χ3n) is 3.02. The Morgan fingerprint density at radius 3 is 2.64 bits per heavy atom. The van der Waals surface area contributed by atoms with Crippen LogP contribution in [0.4, 0.5) is 0 Å². The number of halogens is 1. The minimum Gasteiger partial charge on any atom is -0.415 e. The molecular formula is C16H23ClN2OSSi. The summed E-state index contributed by atoms with van der Waals surface area (Å²) in [6.45, 7) is 11.4. The molecule has 0 saturated heterocycles. The molecule has 0 amide bonds.